The minimum absolute atomic E-state index is 0. The number of rotatable bonds is 9. The van der Waals surface area contributed by atoms with E-state index in [2.05, 4.69) is 22.2 Å². The molecule has 1 aliphatic rings. The molecule has 5 nitrogen and oxygen atoms in total. The summed E-state index contributed by atoms with van der Waals surface area (Å²) in [7, 11) is 0. The Bertz CT molecular complexity index is 457. The summed E-state index contributed by atoms with van der Waals surface area (Å²) in [6.07, 6.45) is 10.7. The summed E-state index contributed by atoms with van der Waals surface area (Å²) in [4.78, 5) is 4.62. The highest BCUT2D eigenvalue weighted by molar-refractivity contribution is 14.0. The third-order valence-corrected chi connectivity index (χ3v) is 3.89. The van der Waals surface area contributed by atoms with Gasteiger partial charge in [0, 0.05) is 32.7 Å². The number of ether oxygens (including phenoxy) is 1. The fraction of sp³-hybridized carbons (Fsp3) is 0.611. The largest absolute Gasteiger partial charge is 0.469 e. The van der Waals surface area contributed by atoms with Crippen LogP contribution in [0.2, 0.25) is 0 Å². The van der Waals surface area contributed by atoms with Crippen molar-refractivity contribution in [3.05, 3.63) is 36.8 Å². The van der Waals surface area contributed by atoms with Gasteiger partial charge in [0.15, 0.2) is 5.96 Å². The van der Waals surface area contributed by atoms with Gasteiger partial charge in [-0.3, -0.25) is 4.99 Å². The highest BCUT2D eigenvalue weighted by Gasteiger charge is 2.12. The van der Waals surface area contributed by atoms with Crippen molar-refractivity contribution in [3.63, 3.8) is 0 Å². The third-order valence-electron chi connectivity index (χ3n) is 3.89. The zero-order valence-corrected chi connectivity index (χ0v) is 16.7. The van der Waals surface area contributed by atoms with Crippen LogP contribution in [0.25, 0.3) is 0 Å². The van der Waals surface area contributed by atoms with Crippen molar-refractivity contribution < 1.29 is 9.15 Å². The van der Waals surface area contributed by atoms with Crippen molar-refractivity contribution in [2.45, 2.75) is 44.6 Å². The van der Waals surface area contributed by atoms with Crippen LogP contribution in [0.4, 0.5) is 0 Å². The highest BCUT2D eigenvalue weighted by Crippen LogP contribution is 2.16. The summed E-state index contributed by atoms with van der Waals surface area (Å²) in [6.45, 7) is 6.97. The van der Waals surface area contributed by atoms with Gasteiger partial charge in [0.05, 0.1) is 12.4 Å². The Morgan fingerprint density at radius 1 is 1.38 bits per heavy atom. The lowest BCUT2D eigenvalue weighted by Gasteiger charge is -2.22. The van der Waals surface area contributed by atoms with E-state index in [-0.39, 0.29) is 24.0 Å². The van der Waals surface area contributed by atoms with E-state index in [9.17, 15) is 0 Å². The van der Waals surface area contributed by atoms with Crippen LogP contribution in [0.3, 0.4) is 0 Å². The summed E-state index contributed by atoms with van der Waals surface area (Å²) in [5.74, 6) is 1.82. The molecule has 1 aromatic heterocycles. The lowest BCUT2D eigenvalue weighted by Crippen LogP contribution is -2.38. The van der Waals surface area contributed by atoms with Gasteiger partial charge in [-0.15, -0.1) is 30.6 Å². The fourth-order valence-corrected chi connectivity index (χ4v) is 2.65. The standard InChI is InChI=1S/C18H29N3O2.HI/c1-2-11-19-18(21-13-10-17-9-6-15-23-17)20-12-5-8-16-7-3-4-14-22-16;/h2,6,9,15-16H,1,3-5,7-8,10-14H2,(H2,19,20,21);1H. The second-order valence-electron chi connectivity index (χ2n) is 5.79. The highest BCUT2D eigenvalue weighted by atomic mass is 127. The number of hydrogen-bond donors (Lipinski definition) is 2. The molecule has 0 amide bonds. The maximum atomic E-state index is 5.75. The van der Waals surface area contributed by atoms with Crippen LogP contribution in [0.1, 0.15) is 37.9 Å². The van der Waals surface area contributed by atoms with Gasteiger partial charge in [-0.25, -0.2) is 0 Å². The van der Waals surface area contributed by atoms with Crippen molar-refractivity contribution in [3.8, 4) is 0 Å². The van der Waals surface area contributed by atoms with Gasteiger partial charge in [-0.05, 0) is 44.2 Å². The lowest BCUT2D eigenvalue weighted by atomic mass is 10.1. The molecular formula is C18H30IN3O2. The SMILES string of the molecule is C=CCNC(=NCCCC1CCCCO1)NCCc1ccco1.I. The predicted molar refractivity (Wildman–Crippen MR) is 109 cm³/mol. The molecule has 1 atom stereocenters. The van der Waals surface area contributed by atoms with Crippen molar-refractivity contribution in [1.29, 1.82) is 0 Å². The molecule has 2 heterocycles. The maximum absolute atomic E-state index is 5.75. The molecule has 0 radical (unpaired) electrons. The Labute approximate surface area is 162 Å². The van der Waals surface area contributed by atoms with Crippen LogP contribution < -0.4 is 10.6 Å². The summed E-state index contributed by atoms with van der Waals surface area (Å²) in [5.41, 5.74) is 0. The molecule has 0 saturated carbocycles. The molecule has 1 aliphatic heterocycles. The maximum Gasteiger partial charge on any atom is 0.191 e. The molecule has 1 fully saturated rings. The minimum atomic E-state index is 0. The van der Waals surface area contributed by atoms with E-state index in [0.717, 1.165) is 50.7 Å². The van der Waals surface area contributed by atoms with Crippen LogP contribution in [-0.4, -0.2) is 38.3 Å². The smallest absolute Gasteiger partial charge is 0.191 e. The van der Waals surface area contributed by atoms with E-state index in [1.807, 2.05) is 18.2 Å². The Morgan fingerprint density at radius 3 is 3.00 bits per heavy atom. The van der Waals surface area contributed by atoms with E-state index >= 15 is 0 Å². The van der Waals surface area contributed by atoms with Gasteiger partial charge in [-0.2, -0.15) is 0 Å². The van der Waals surface area contributed by atoms with E-state index in [0.29, 0.717) is 12.6 Å². The zero-order chi connectivity index (χ0) is 16.2. The Morgan fingerprint density at radius 2 is 2.29 bits per heavy atom. The summed E-state index contributed by atoms with van der Waals surface area (Å²) < 4.78 is 11.1. The molecule has 136 valence electrons. The quantitative estimate of drug-likeness (QED) is 0.200. The Hall–Kier alpha value is -1.02. The summed E-state index contributed by atoms with van der Waals surface area (Å²) in [5, 5.41) is 6.58. The Kier molecular flexibility index (Phi) is 11.6. The van der Waals surface area contributed by atoms with Crippen LogP contribution in [0.15, 0.2) is 40.5 Å². The molecule has 0 spiro atoms. The molecule has 2 rings (SSSR count). The molecule has 0 aliphatic carbocycles. The first-order valence-electron chi connectivity index (χ1n) is 8.65. The van der Waals surface area contributed by atoms with Crippen LogP contribution >= 0.6 is 24.0 Å². The molecular weight excluding hydrogens is 417 g/mol. The summed E-state index contributed by atoms with van der Waals surface area (Å²) in [6, 6.07) is 3.90. The van der Waals surface area contributed by atoms with Gasteiger partial charge in [0.1, 0.15) is 5.76 Å². The number of halogens is 1. The number of furan rings is 1. The van der Waals surface area contributed by atoms with Gasteiger partial charge in [0.25, 0.3) is 0 Å². The van der Waals surface area contributed by atoms with Crippen molar-refractivity contribution in [2.75, 3.05) is 26.2 Å². The first-order valence-corrected chi connectivity index (χ1v) is 8.65. The molecule has 1 aromatic rings. The number of hydrogen-bond acceptors (Lipinski definition) is 3. The molecule has 1 saturated heterocycles. The van der Waals surface area contributed by atoms with Crippen LogP contribution in [0, 0.1) is 0 Å². The first kappa shape index (κ1) is 21.0. The van der Waals surface area contributed by atoms with Crippen molar-refractivity contribution >= 4 is 29.9 Å². The normalized spacial score (nSPS) is 17.8. The summed E-state index contributed by atoms with van der Waals surface area (Å²) >= 11 is 0. The van der Waals surface area contributed by atoms with Crippen LogP contribution in [-0.2, 0) is 11.2 Å². The minimum Gasteiger partial charge on any atom is -0.469 e. The second kappa shape index (κ2) is 13.3. The average Bonchev–Trinajstić information content (AvgIpc) is 3.10. The second-order valence-corrected chi connectivity index (χ2v) is 5.79. The average molecular weight is 447 g/mol. The van der Waals surface area contributed by atoms with Gasteiger partial charge < -0.3 is 19.8 Å². The van der Waals surface area contributed by atoms with E-state index in [1.165, 1.54) is 19.3 Å². The fourth-order valence-electron chi connectivity index (χ4n) is 2.65. The van der Waals surface area contributed by atoms with Crippen molar-refractivity contribution in [1.82, 2.24) is 10.6 Å². The molecule has 24 heavy (non-hydrogen) atoms. The number of nitrogens with zero attached hydrogens (tertiary/aromatic N) is 1. The van der Waals surface area contributed by atoms with E-state index < -0.39 is 0 Å². The van der Waals surface area contributed by atoms with Gasteiger partial charge in [-0.1, -0.05) is 6.08 Å². The molecule has 2 N–H and O–H groups in total. The van der Waals surface area contributed by atoms with E-state index in [1.54, 1.807) is 6.26 Å². The lowest BCUT2D eigenvalue weighted by molar-refractivity contribution is 0.0105. The van der Waals surface area contributed by atoms with Gasteiger partial charge >= 0.3 is 0 Å². The Balaban J connectivity index is 0.00000288. The third kappa shape index (κ3) is 8.73. The number of guanidine groups is 1. The first-order chi connectivity index (χ1) is 11.4. The van der Waals surface area contributed by atoms with E-state index in [4.69, 9.17) is 9.15 Å². The topological polar surface area (TPSA) is 58.8 Å². The number of aliphatic imine (C=N–C) groups is 1. The predicted octanol–water partition coefficient (Wildman–Crippen LogP) is 3.51. The monoisotopic (exact) mass is 447 g/mol. The molecule has 0 bridgehead atoms. The molecule has 0 aromatic carbocycles. The molecule has 6 heteroatoms. The molecule has 1 unspecified atom stereocenters. The zero-order valence-electron chi connectivity index (χ0n) is 14.3. The van der Waals surface area contributed by atoms with Crippen LogP contribution in [0.5, 0.6) is 0 Å². The number of nitrogens with one attached hydrogen (secondary N) is 2. The van der Waals surface area contributed by atoms with Crippen molar-refractivity contribution in [2.24, 2.45) is 4.99 Å². The van der Waals surface area contributed by atoms with Gasteiger partial charge in [0.2, 0.25) is 0 Å².